The Bertz CT molecular complexity index is 636. The van der Waals surface area contributed by atoms with Crippen LogP contribution in [0.5, 0.6) is 0 Å². The quantitative estimate of drug-likeness (QED) is 0.173. The Labute approximate surface area is 204 Å². The number of ether oxygens (including phenoxy) is 1. The van der Waals surface area contributed by atoms with Crippen LogP contribution in [-0.2, 0) is 4.74 Å². The Morgan fingerprint density at radius 3 is 2.42 bits per heavy atom. The summed E-state index contributed by atoms with van der Waals surface area (Å²) in [6.45, 7) is 13.2. The molecule has 1 aliphatic rings. The molecule has 0 aromatic heterocycles. The normalized spacial score (nSPS) is 15.8. The van der Waals surface area contributed by atoms with Gasteiger partial charge in [0.2, 0.25) is 0 Å². The van der Waals surface area contributed by atoms with Crippen molar-refractivity contribution >= 4 is 35.8 Å². The Kier molecular flexibility index (Phi) is 14.5. The number of aliphatic imine (C=N–C) groups is 1. The molecule has 1 fully saturated rings. The van der Waals surface area contributed by atoms with Gasteiger partial charge in [-0.2, -0.15) is 0 Å². The summed E-state index contributed by atoms with van der Waals surface area (Å²) in [4.78, 5) is 19.4. The van der Waals surface area contributed by atoms with E-state index in [0.717, 1.165) is 64.7 Å². The molecule has 7 nitrogen and oxygen atoms in total. The zero-order chi connectivity index (χ0) is 21.6. The van der Waals surface area contributed by atoms with Gasteiger partial charge in [-0.05, 0) is 37.8 Å². The molecule has 0 radical (unpaired) electrons. The fourth-order valence-electron chi connectivity index (χ4n) is 3.55. The summed E-state index contributed by atoms with van der Waals surface area (Å²) in [5, 5.41) is 9.68. The van der Waals surface area contributed by atoms with Crippen molar-refractivity contribution in [2.45, 2.75) is 39.7 Å². The molecule has 0 saturated carbocycles. The maximum absolute atomic E-state index is 12.1. The molecule has 31 heavy (non-hydrogen) atoms. The molecule has 3 N–H and O–H groups in total. The zero-order valence-corrected chi connectivity index (χ0v) is 21.6. The van der Waals surface area contributed by atoms with Crippen LogP contribution < -0.4 is 16.0 Å². The maximum Gasteiger partial charge on any atom is 0.251 e. The summed E-state index contributed by atoms with van der Waals surface area (Å²) < 4.78 is 5.51. The van der Waals surface area contributed by atoms with Crippen molar-refractivity contribution < 1.29 is 9.53 Å². The van der Waals surface area contributed by atoms with Crippen LogP contribution in [0.25, 0.3) is 0 Å². The second-order valence-corrected chi connectivity index (χ2v) is 8.05. The van der Waals surface area contributed by atoms with E-state index < -0.39 is 0 Å². The first-order chi connectivity index (χ1) is 14.6. The Balaban J connectivity index is 0.00000480. The average molecular weight is 546 g/mol. The van der Waals surface area contributed by atoms with Crippen molar-refractivity contribution in [2.75, 3.05) is 52.5 Å². The summed E-state index contributed by atoms with van der Waals surface area (Å²) in [6, 6.07) is 9.75. The van der Waals surface area contributed by atoms with E-state index >= 15 is 0 Å². The largest absolute Gasteiger partial charge is 0.379 e. The van der Waals surface area contributed by atoms with E-state index in [0.29, 0.717) is 24.1 Å². The highest BCUT2D eigenvalue weighted by Gasteiger charge is 2.21. The van der Waals surface area contributed by atoms with Crippen LogP contribution in [0.3, 0.4) is 0 Å². The molecule has 1 aromatic rings. The zero-order valence-electron chi connectivity index (χ0n) is 19.2. The first-order valence-electron chi connectivity index (χ1n) is 11.3. The third kappa shape index (κ3) is 11.2. The molecule has 2 rings (SSSR count). The Morgan fingerprint density at radius 2 is 1.77 bits per heavy atom. The number of nitrogens with zero attached hydrogens (tertiary/aromatic N) is 2. The van der Waals surface area contributed by atoms with E-state index in [2.05, 4.69) is 41.6 Å². The van der Waals surface area contributed by atoms with Gasteiger partial charge in [-0.1, -0.05) is 32.0 Å². The van der Waals surface area contributed by atoms with Crippen LogP contribution in [-0.4, -0.2) is 75.3 Å². The summed E-state index contributed by atoms with van der Waals surface area (Å²) in [7, 11) is 0. The highest BCUT2D eigenvalue weighted by Crippen LogP contribution is 2.14. The number of halogens is 1. The molecule has 0 aliphatic carbocycles. The van der Waals surface area contributed by atoms with E-state index in [4.69, 9.17) is 9.73 Å². The van der Waals surface area contributed by atoms with Gasteiger partial charge in [0, 0.05) is 44.3 Å². The molecule has 1 unspecified atom stereocenters. The Morgan fingerprint density at radius 1 is 1.10 bits per heavy atom. The van der Waals surface area contributed by atoms with Crippen LogP contribution >= 0.6 is 24.0 Å². The smallest absolute Gasteiger partial charge is 0.251 e. The molecular formula is C23H40IN5O2. The van der Waals surface area contributed by atoms with Crippen LogP contribution in [0.2, 0.25) is 0 Å². The van der Waals surface area contributed by atoms with Crippen LogP contribution in [0.15, 0.2) is 35.3 Å². The lowest BCUT2D eigenvalue weighted by atomic mass is 10.0. The molecule has 0 spiro atoms. The van der Waals surface area contributed by atoms with Gasteiger partial charge in [-0.3, -0.25) is 14.7 Å². The first-order valence-corrected chi connectivity index (χ1v) is 11.3. The predicted octanol–water partition coefficient (Wildman–Crippen LogP) is 2.73. The second-order valence-electron chi connectivity index (χ2n) is 8.05. The predicted molar refractivity (Wildman–Crippen MR) is 138 cm³/mol. The van der Waals surface area contributed by atoms with Crippen LogP contribution in [0.1, 0.15) is 44.0 Å². The highest BCUT2D eigenvalue weighted by molar-refractivity contribution is 14.0. The van der Waals surface area contributed by atoms with Gasteiger partial charge in [0.15, 0.2) is 5.96 Å². The van der Waals surface area contributed by atoms with E-state index in [-0.39, 0.29) is 29.9 Å². The van der Waals surface area contributed by atoms with Gasteiger partial charge in [0.25, 0.3) is 5.91 Å². The van der Waals surface area contributed by atoms with Gasteiger partial charge < -0.3 is 20.7 Å². The molecule has 1 saturated heterocycles. The molecule has 176 valence electrons. The Hall–Kier alpha value is -1.39. The molecule has 0 bridgehead atoms. The fourth-order valence-corrected chi connectivity index (χ4v) is 3.55. The second kappa shape index (κ2) is 16.3. The van der Waals surface area contributed by atoms with E-state index in [1.54, 1.807) is 0 Å². The van der Waals surface area contributed by atoms with Gasteiger partial charge >= 0.3 is 0 Å². The van der Waals surface area contributed by atoms with Gasteiger partial charge in [-0.15, -0.1) is 24.0 Å². The van der Waals surface area contributed by atoms with Crippen molar-refractivity contribution in [3.8, 4) is 0 Å². The number of carbonyl (C=O) groups is 1. The molecule has 1 aliphatic heterocycles. The minimum atomic E-state index is -0.0294. The summed E-state index contributed by atoms with van der Waals surface area (Å²) in [6.07, 6.45) is 1.97. The van der Waals surface area contributed by atoms with E-state index in [9.17, 15) is 4.79 Å². The topological polar surface area (TPSA) is 78.0 Å². The minimum absolute atomic E-state index is 0. The lowest BCUT2D eigenvalue weighted by Gasteiger charge is -2.34. The molecule has 1 heterocycles. The molecule has 1 amide bonds. The van der Waals surface area contributed by atoms with E-state index in [1.807, 2.05) is 30.3 Å². The molecule has 1 aromatic carbocycles. The van der Waals surface area contributed by atoms with Crippen LogP contribution in [0, 0.1) is 5.92 Å². The summed E-state index contributed by atoms with van der Waals surface area (Å²) in [5.74, 6) is 1.45. The maximum atomic E-state index is 12.1. The number of benzene rings is 1. The average Bonchev–Trinajstić information content (AvgIpc) is 2.77. The number of guanidine groups is 1. The van der Waals surface area contributed by atoms with Crippen molar-refractivity contribution in [3.63, 3.8) is 0 Å². The number of nitrogens with one attached hydrogen (secondary N) is 3. The van der Waals surface area contributed by atoms with Gasteiger partial charge in [0.1, 0.15) is 0 Å². The number of hydrogen-bond donors (Lipinski definition) is 3. The minimum Gasteiger partial charge on any atom is -0.379 e. The van der Waals surface area contributed by atoms with Gasteiger partial charge in [0.05, 0.1) is 19.8 Å². The third-order valence-corrected chi connectivity index (χ3v) is 5.08. The third-order valence-electron chi connectivity index (χ3n) is 5.08. The molecular weight excluding hydrogens is 505 g/mol. The molecule has 1 atom stereocenters. The first kappa shape index (κ1) is 27.6. The number of hydrogen-bond acceptors (Lipinski definition) is 4. The van der Waals surface area contributed by atoms with Gasteiger partial charge in [-0.25, -0.2) is 0 Å². The number of rotatable bonds is 11. The van der Waals surface area contributed by atoms with Crippen molar-refractivity contribution in [3.05, 3.63) is 35.9 Å². The lowest BCUT2D eigenvalue weighted by molar-refractivity contribution is 0.0143. The molecule has 8 heteroatoms. The number of carbonyl (C=O) groups excluding carboxylic acids is 1. The summed E-state index contributed by atoms with van der Waals surface area (Å²) in [5.41, 5.74) is 0.694. The lowest BCUT2D eigenvalue weighted by Crippen LogP contribution is -2.46. The standard InChI is InChI=1S/C23H39N5O2.HI/c1-4-24-23(26-12-8-11-25-22(29)20-9-6-5-7-10-20)27-18-21(17-19(2)3)28-13-15-30-16-14-28;/h5-7,9-10,19,21H,4,8,11-18H2,1-3H3,(H,25,29)(H2,24,26,27);1H. The fraction of sp³-hybridized carbons (Fsp3) is 0.652. The van der Waals surface area contributed by atoms with Crippen molar-refractivity contribution in [1.29, 1.82) is 0 Å². The summed E-state index contributed by atoms with van der Waals surface area (Å²) >= 11 is 0. The van der Waals surface area contributed by atoms with Crippen molar-refractivity contribution in [2.24, 2.45) is 10.9 Å². The number of amides is 1. The SMILES string of the molecule is CCNC(=NCC(CC(C)C)N1CCOCC1)NCCCNC(=O)c1ccccc1.I. The van der Waals surface area contributed by atoms with Crippen molar-refractivity contribution in [1.82, 2.24) is 20.9 Å². The highest BCUT2D eigenvalue weighted by atomic mass is 127. The van der Waals surface area contributed by atoms with Crippen LogP contribution in [0.4, 0.5) is 0 Å². The van der Waals surface area contributed by atoms with E-state index in [1.165, 1.54) is 0 Å². The monoisotopic (exact) mass is 545 g/mol. The number of morpholine rings is 1.